The molecule has 0 saturated carbocycles. The fourth-order valence-electron chi connectivity index (χ4n) is 2.02. The Kier molecular flexibility index (Phi) is 6.87. The van der Waals surface area contributed by atoms with Crippen molar-refractivity contribution < 1.29 is 4.79 Å². The first-order chi connectivity index (χ1) is 9.62. The lowest BCUT2D eigenvalue weighted by molar-refractivity contribution is 0.0956. The molecule has 0 fully saturated rings. The van der Waals surface area contributed by atoms with Crippen LogP contribution in [0.5, 0.6) is 0 Å². The van der Waals surface area contributed by atoms with Crippen molar-refractivity contribution >= 4 is 17.3 Å². The maximum atomic E-state index is 11.7. The molecule has 0 bridgehead atoms. The predicted octanol–water partition coefficient (Wildman–Crippen LogP) is 1.77. The summed E-state index contributed by atoms with van der Waals surface area (Å²) >= 11 is 0. The molecule has 1 rings (SSSR count). The van der Waals surface area contributed by atoms with Crippen molar-refractivity contribution in [3.05, 3.63) is 23.8 Å². The van der Waals surface area contributed by atoms with Crippen LogP contribution >= 0.6 is 0 Å². The lowest BCUT2D eigenvalue weighted by atomic mass is 10.1. The van der Waals surface area contributed by atoms with Gasteiger partial charge in [0.15, 0.2) is 0 Å². The average Bonchev–Trinajstić information content (AvgIpc) is 2.45. The van der Waals surface area contributed by atoms with E-state index in [1.54, 1.807) is 12.1 Å². The third-order valence-corrected chi connectivity index (χ3v) is 3.29. The minimum Gasteiger partial charge on any atom is -0.397 e. The van der Waals surface area contributed by atoms with Crippen LogP contribution in [0.15, 0.2) is 18.2 Å². The van der Waals surface area contributed by atoms with Crippen molar-refractivity contribution in [1.29, 1.82) is 0 Å². The Balaban J connectivity index is 2.58. The number of hydrogen-bond donors (Lipinski definition) is 3. The van der Waals surface area contributed by atoms with E-state index in [2.05, 4.69) is 29.4 Å². The molecule has 5 heteroatoms. The second-order valence-corrected chi connectivity index (χ2v) is 4.62. The number of benzene rings is 1. The number of amides is 1. The number of anilines is 2. The summed E-state index contributed by atoms with van der Waals surface area (Å²) in [5.41, 5.74) is 8.06. The summed E-state index contributed by atoms with van der Waals surface area (Å²) in [4.78, 5) is 14.0. The summed E-state index contributed by atoms with van der Waals surface area (Å²) in [6, 6.07) is 5.37. The highest BCUT2D eigenvalue weighted by Crippen LogP contribution is 2.19. The summed E-state index contributed by atoms with van der Waals surface area (Å²) in [6.07, 6.45) is 0. The number of carbonyl (C=O) groups excluding carboxylic acids is 1. The lowest BCUT2D eigenvalue weighted by Crippen LogP contribution is -2.28. The molecule has 0 aliphatic rings. The van der Waals surface area contributed by atoms with E-state index in [0.29, 0.717) is 17.8 Å². The maximum Gasteiger partial charge on any atom is 0.251 e. The zero-order chi connectivity index (χ0) is 15.0. The van der Waals surface area contributed by atoms with Crippen LogP contribution < -0.4 is 16.4 Å². The number of nitrogens with zero attached hydrogens (tertiary/aromatic N) is 1. The molecule has 0 heterocycles. The van der Waals surface area contributed by atoms with Gasteiger partial charge in [-0.25, -0.2) is 0 Å². The summed E-state index contributed by atoms with van der Waals surface area (Å²) in [6.45, 7) is 10.7. The summed E-state index contributed by atoms with van der Waals surface area (Å²) in [5.74, 6) is -0.0890. The van der Waals surface area contributed by atoms with Crippen molar-refractivity contribution in [2.45, 2.75) is 20.8 Å². The van der Waals surface area contributed by atoms with E-state index in [4.69, 9.17) is 5.73 Å². The third-order valence-electron chi connectivity index (χ3n) is 3.29. The molecular weight excluding hydrogens is 252 g/mol. The normalized spacial score (nSPS) is 10.6. The van der Waals surface area contributed by atoms with Crippen molar-refractivity contribution in [3.63, 3.8) is 0 Å². The summed E-state index contributed by atoms with van der Waals surface area (Å²) < 4.78 is 0. The average molecular weight is 278 g/mol. The van der Waals surface area contributed by atoms with Gasteiger partial charge in [0, 0.05) is 25.2 Å². The third kappa shape index (κ3) is 4.74. The molecule has 0 unspecified atom stereocenters. The molecule has 0 atom stereocenters. The molecule has 1 aromatic carbocycles. The van der Waals surface area contributed by atoms with Crippen molar-refractivity contribution in [1.82, 2.24) is 10.2 Å². The van der Waals surface area contributed by atoms with Gasteiger partial charge in [-0.05, 0) is 38.2 Å². The van der Waals surface area contributed by atoms with Gasteiger partial charge in [0.05, 0.1) is 11.4 Å². The zero-order valence-electron chi connectivity index (χ0n) is 12.7. The smallest absolute Gasteiger partial charge is 0.251 e. The molecule has 1 amide bonds. The van der Waals surface area contributed by atoms with Crippen LogP contribution in [0, 0.1) is 0 Å². The fourth-order valence-corrected chi connectivity index (χ4v) is 2.02. The maximum absolute atomic E-state index is 11.7. The lowest BCUT2D eigenvalue weighted by Gasteiger charge is -2.19. The number of nitrogens with one attached hydrogen (secondary N) is 2. The van der Waals surface area contributed by atoms with Gasteiger partial charge in [-0.3, -0.25) is 4.79 Å². The highest BCUT2D eigenvalue weighted by atomic mass is 16.1. The summed E-state index contributed by atoms with van der Waals surface area (Å²) in [7, 11) is 0. The minimum absolute atomic E-state index is 0.0890. The molecule has 0 aliphatic carbocycles. The number of nitrogens with two attached hydrogens (primary N) is 1. The van der Waals surface area contributed by atoms with Gasteiger partial charge in [0.2, 0.25) is 0 Å². The Hall–Kier alpha value is -1.75. The molecule has 0 spiro atoms. The van der Waals surface area contributed by atoms with E-state index < -0.39 is 0 Å². The standard InChI is InChI=1S/C15H26N4O/c1-4-17-15(20)12-7-8-14(13(16)11-12)18-9-10-19(5-2)6-3/h7-8,11,18H,4-6,9-10,16H2,1-3H3,(H,17,20). The molecule has 5 nitrogen and oxygen atoms in total. The first-order valence-corrected chi connectivity index (χ1v) is 7.26. The van der Waals surface area contributed by atoms with Gasteiger partial charge < -0.3 is 21.3 Å². The van der Waals surface area contributed by atoms with Gasteiger partial charge in [-0.15, -0.1) is 0 Å². The molecule has 1 aromatic rings. The molecule has 20 heavy (non-hydrogen) atoms. The second kappa shape index (κ2) is 8.43. The monoisotopic (exact) mass is 278 g/mol. The van der Waals surface area contributed by atoms with Crippen LogP contribution in [0.2, 0.25) is 0 Å². The van der Waals surface area contributed by atoms with Gasteiger partial charge in [-0.2, -0.15) is 0 Å². The van der Waals surface area contributed by atoms with Crippen LogP contribution in [-0.4, -0.2) is 43.5 Å². The fraction of sp³-hybridized carbons (Fsp3) is 0.533. The van der Waals surface area contributed by atoms with E-state index in [-0.39, 0.29) is 5.91 Å². The molecule has 0 aliphatic heterocycles. The highest BCUT2D eigenvalue weighted by Gasteiger charge is 2.07. The zero-order valence-corrected chi connectivity index (χ0v) is 12.7. The largest absolute Gasteiger partial charge is 0.397 e. The van der Waals surface area contributed by atoms with Gasteiger partial charge in [-0.1, -0.05) is 13.8 Å². The van der Waals surface area contributed by atoms with E-state index in [1.165, 1.54) is 0 Å². The SMILES string of the molecule is CCNC(=O)c1ccc(NCCN(CC)CC)c(N)c1. The topological polar surface area (TPSA) is 70.4 Å². The Bertz CT molecular complexity index is 430. The van der Waals surface area contributed by atoms with E-state index >= 15 is 0 Å². The van der Waals surface area contributed by atoms with E-state index in [9.17, 15) is 4.79 Å². The molecule has 0 saturated heterocycles. The highest BCUT2D eigenvalue weighted by molar-refractivity contribution is 5.96. The number of carbonyl (C=O) groups is 1. The van der Waals surface area contributed by atoms with Crippen LogP contribution in [0.1, 0.15) is 31.1 Å². The Labute approximate surface area is 121 Å². The molecule has 0 aromatic heterocycles. The Morgan fingerprint density at radius 1 is 1.25 bits per heavy atom. The van der Waals surface area contributed by atoms with Crippen LogP contribution in [0.25, 0.3) is 0 Å². The number of likely N-dealkylation sites (N-methyl/N-ethyl adjacent to an activating group) is 1. The van der Waals surface area contributed by atoms with Crippen LogP contribution in [-0.2, 0) is 0 Å². The van der Waals surface area contributed by atoms with Crippen molar-refractivity contribution in [3.8, 4) is 0 Å². The number of nitrogen functional groups attached to an aromatic ring is 1. The molecular formula is C15H26N4O. The van der Waals surface area contributed by atoms with E-state index in [1.807, 2.05) is 13.0 Å². The predicted molar refractivity (Wildman–Crippen MR) is 85.1 cm³/mol. The van der Waals surface area contributed by atoms with E-state index in [0.717, 1.165) is 31.9 Å². The van der Waals surface area contributed by atoms with Crippen molar-refractivity contribution in [2.24, 2.45) is 0 Å². The van der Waals surface area contributed by atoms with Crippen LogP contribution in [0.4, 0.5) is 11.4 Å². The number of rotatable bonds is 8. The first kappa shape index (κ1) is 16.3. The quantitative estimate of drug-likeness (QED) is 0.634. The Morgan fingerprint density at radius 3 is 2.50 bits per heavy atom. The minimum atomic E-state index is -0.0890. The first-order valence-electron chi connectivity index (χ1n) is 7.26. The molecule has 4 N–H and O–H groups in total. The summed E-state index contributed by atoms with van der Waals surface area (Å²) in [5, 5.41) is 6.07. The van der Waals surface area contributed by atoms with Gasteiger partial charge in [0.1, 0.15) is 0 Å². The van der Waals surface area contributed by atoms with Crippen molar-refractivity contribution in [2.75, 3.05) is 43.8 Å². The Morgan fingerprint density at radius 2 is 1.95 bits per heavy atom. The van der Waals surface area contributed by atoms with Gasteiger partial charge >= 0.3 is 0 Å². The number of hydrogen-bond acceptors (Lipinski definition) is 4. The molecule has 112 valence electrons. The molecule has 0 radical (unpaired) electrons. The second-order valence-electron chi connectivity index (χ2n) is 4.62. The van der Waals surface area contributed by atoms with Crippen LogP contribution in [0.3, 0.4) is 0 Å². The van der Waals surface area contributed by atoms with Gasteiger partial charge in [0.25, 0.3) is 5.91 Å².